The first kappa shape index (κ1) is 17.0. The van der Waals surface area contributed by atoms with Crippen LogP contribution in [0.15, 0.2) is 12.1 Å². The monoisotopic (exact) mass is 324 g/mol. The van der Waals surface area contributed by atoms with E-state index in [1.165, 1.54) is 33.5 Å². The van der Waals surface area contributed by atoms with Crippen molar-refractivity contribution in [2.45, 2.75) is 18.6 Å². The average Bonchev–Trinajstić information content (AvgIpc) is 2.99. The van der Waals surface area contributed by atoms with Gasteiger partial charge < -0.3 is 24.6 Å². The van der Waals surface area contributed by atoms with Crippen LogP contribution in [0.1, 0.15) is 16.8 Å². The number of ether oxygens (including phenoxy) is 3. The van der Waals surface area contributed by atoms with Gasteiger partial charge in [0.2, 0.25) is 11.7 Å². The highest BCUT2D eigenvalue weighted by Gasteiger charge is 2.29. The lowest BCUT2D eigenvalue weighted by atomic mass is 10.1. The predicted octanol–water partition coefficient (Wildman–Crippen LogP) is -0.308. The van der Waals surface area contributed by atoms with Crippen LogP contribution in [0.4, 0.5) is 0 Å². The molecule has 8 nitrogen and oxygen atoms in total. The first-order valence-electron chi connectivity index (χ1n) is 7.06. The molecule has 2 amide bonds. The van der Waals surface area contributed by atoms with Gasteiger partial charge in [-0.05, 0) is 18.6 Å². The molecule has 2 rings (SSSR count). The third-order valence-corrected chi connectivity index (χ3v) is 3.59. The Kier molecular flexibility index (Phi) is 5.41. The number of hydrogen-bond donors (Lipinski definition) is 3. The van der Waals surface area contributed by atoms with E-state index in [0.717, 1.165) is 0 Å². The lowest BCUT2D eigenvalue weighted by molar-refractivity contribution is -0.121. The smallest absolute Gasteiger partial charge is 0.258 e. The van der Waals surface area contributed by atoms with Crippen LogP contribution in [-0.4, -0.2) is 56.9 Å². The molecule has 3 N–H and O–H groups in total. The summed E-state index contributed by atoms with van der Waals surface area (Å²) in [6.45, 7) is 0.330. The molecule has 1 aromatic carbocycles. The number of β-amino-alcohol motifs (C(OH)–C–C–N with tert-alkyl or cyclic N) is 1. The topological polar surface area (TPSA) is 106 Å². The average molecular weight is 324 g/mol. The number of rotatable bonds is 5. The standard InChI is InChI=1S/C15H20N2O6/c1-21-11-4-8(5-12(22-2)13(11)23-3)14(19)17-15(20)10-6-9(18)7-16-10/h4-5,9-10,16,18H,6-7H2,1-3H3,(H,17,19,20). The van der Waals surface area contributed by atoms with Gasteiger partial charge in [-0.2, -0.15) is 0 Å². The molecule has 0 aromatic heterocycles. The number of amides is 2. The van der Waals surface area contributed by atoms with Gasteiger partial charge in [0.05, 0.1) is 33.5 Å². The van der Waals surface area contributed by atoms with Crippen molar-refractivity contribution in [1.82, 2.24) is 10.6 Å². The summed E-state index contributed by atoms with van der Waals surface area (Å²) in [5, 5.41) is 14.6. The molecule has 0 bridgehead atoms. The van der Waals surface area contributed by atoms with E-state index in [0.29, 0.717) is 23.8 Å². The molecule has 2 unspecified atom stereocenters. The van der Waals surface area contributed by atoms with Crippen LogP contribution in [0.2, 0.25) is 0 Å². The number of carbonyl (C=O) groups excluding carboxylic acids is 2. The number of hydrogen-bond acceptors (Lipinski definition) is 7. The second-order valence-electron chi connectivity index (χ2n) is 5.08. The number of benzene rings is 1. The first-order chi connectivity index (χ1) is 11.0. The molecule has 8 heteroatoms. The molecule has 0 aliphatic carbocycles. The first-order valence-corrected chi connectivity index (χ1v) is 7.06. The Balaban J connectivity index is 2.17. The minimum absolute atomic E-state index is 0.200. The van der Waals surface area contributed by atoms with E-state index < -0.39 is 24.0 Å². The largest absolute Gasteiger partial charge is 0.493 e. The van der Waals surface area contributed by atoms with Crippen molar-refractivity contribution >= 4 is 11.8 Å². The Hall–Kier alpha value is -2.32. The van der Waals surface area contributed by atoms with Gasteiger partial charge in [-0.3, -0.25) is 14.9 Å². The van der Waals surface area contributed by atoms with Gasteiger partial charge in [-0.1, -0.05) is 0 Å². The van der Waals surface area contributed by atoms with E-state index in [9.17, 15) is 14.7 Å². The molecule has 23 heavy (non-hydrogen) atoms. The van der Waals surface area contributed by atoms with Gasteiger partial charge in [-0.15, -0.1) is 0 Å². The van der Waals surface area contributed by atoms with Crippen molar-refractivity contribution in [1.29, 1.82) is 0 Å². The van der Waals surface area contributed by atoms with Gasteiger partial charge >= 0.3 is 0 Å². The normalized spacial score (nSPS) is 20.0. The maximum absolute atomic E-state index is 12.3. The van der Waals surface area contributed by atoms with Crippen LogP contribution < -0.4 is 24.8 Å². The highest BCUT2D eigenvalue weighted by Crippen LogP contribution is 2.38. The van der Waals surface area contributed by atoms with E-state index in [2.05, 4.69) is 10.6 Å². The molecule has 1 heterocycles. The molecule has 1 saturated heterocycles. The third-order valence-electron chi connectivity index (χ3n) is 3.59. The third kappa shape index (κ3) is 3.72. The molecule has 1 aromatic rings. The maximum atomic E-state index is 12.3. The van der Waals surface area contributed by atoms with Gasteiger partial charge in [0.15, 0.2) is 11.5 Å². The number of aliphatic hydroxyl groups is 1. The Labute approximate surface area is 133 Å². The molecule has 126 valence electrons. The molecular weight excluding hydrogens is 304 g/mol. The number of methoxy groups -OCH3 is 3. The van der Waals surface area contributed by atoms with Crippen LogP contribution in [0.3, 0.4) is 0 Å². The summed E-state index contributed by atoms with van der Waals surface area (Å²) in [6.07, 6.45) is -0.309. The van der Waals surface area contributed by atoms with E-state index in [1.807, 2.05) is 0 Å². The van der Waals surface area contributed by atoms with Crippen molar-refractivity contribution in [3.63, 3.8) is 0 Å². The predicted molar refractivity (Wildman–Crippen MR) is 81.0 cm³/mol. The second kappa shape index (κ2) is 7.30. The number of aliphatic hydroxyl groups excluding tert-OH is 1. The van der Waals surface area contributed by atoms with Gasteiger partial charge in [0, 0.05) is 12.1 Å². The number of imide groups is 1. The van der Waals surface area contributed by atoms with E-state index in [4.69, 9.17) is 14.2 Å². The summed E-state index contributed by atoms with van der Waals surface area (Å²) in [6, 6.07) is 2.33. The Bertz CT molecular complexity index is 579. The summed E-state index contributed by atoms with van der Waals surface area (Å²) >= 11 is 0. The van der Waals surface area contributed by atoms with Gasteiger partial charge in [0.25, 0.3) is 5.91 Å². The summed E-state index contributed by atoms with van der Waals surface area (Å²) in [4.78, 5) is 24.3. The summed E-state index contributed by atoms with van der Waals surface area (Å²) < 4.78 is 15.5. The molecular formula is C15H20N2O6. The fourth-order valence-electron chi connectivity index (χ4n) is 2.40. The van der Waals surface area contributed by atoms with Crippen LogP contribution in [-0.2, 0) is 4.79 Å². The van der Waals surface area contributed by atoms with Crippen LogP contribution >= 0.6 is 0 Å². The zero-order valence-electron chi connectivity index (χ0n) is 13.2. The molecule has 0 saturated carbocycles. The minimum Gasteiger partial charge on any atom is -0.493 e. The maximum Gasteiger partial charge on any atom is 0.258 e. The van der Waals surface area contributed by atoms with E-state index >= 15 is 0 Å². The summed E-state index contributed by atoms with van der Waals surface area (Å²) in [7, 11) is 4.34. The Morgan fingerprint density at radius 2 is 1.78 bits per heavy atom. The lowest BCUT2D eigenvalue weighted by Crippen LogP contribution is -2.43. The Morgan fingerprint density at radius 1 is 1.17 bits per heavy atom. The lowest BCUT2D eigenvalue weighted by Gasteiger charge is -2.14. The van der Waals surface area contributed by atoms with Gasteiger partial charge in [0.1, 0.15) is 0 Å². The molecule has 1 aliphatic heterocycles. The quantitative estimate of drug-likeness (QED) is 0.638. The summed E-state index contributed by atoms with van der Waals surface area (Å²) in [5.74, 6) is -0.0751. The molecule has 1 fully saturated rings. The van der Waals surface area contributed by atoms with Crippen molar-refractivity contribution in [3.05, 3.63) is 17.7 Å². The van der Waals surface area contributed by atoms with Crippen LogP contribution in [0.25, 0.3) is 0 Å². The second-order valence-corrected chi connectivity index (χ2v) is 5.08. The van der Waals surface area contributed by atoms with Crippen LogP contribution in [0.5, 0.6) is 17.2 Å². The van der Waals surface area contributed by atoms with Gasteiger partial charge in [-0.25, -0.2) is 0 Å². The van der Waals surface area contributed by atoms with Crippen molar-refractivity contribution in [2.24, 2.45) is 0 Å². The van der Waals surface area contributed by atoms with Crippen LogP contribution in [0, 0.1) is 0 Å². The number of nitrogens with one attached hydrogen (secondary N) is 2. The molecule has 1 aliphatic rings. The fourth-order valence-corrected chi connectivity index (χ4v) is 2.40. The molecule has 2 atom stereocenters. The minimum atomic E-state index is -0.587. The number of carbonyl (C=O) groups is 2. The summed E-state index contributed by atoms with van der Waals surface area (Å²) in [5.41, 5.74) is 0.200. The fraction of sp³-hybridized carbons (Fsp3) is 0.467. The van der Waals surface area contributed by atoms with Crippen molar-refractivity contribution < 1.29 is 28.9 Å². The van der Waals surface area contributed by atoms with E-state index in [-0.39, 0.29) is 12.0 Å². The van der Waals surface area contributed by atoms with E-state index in [1.54, 1.807) is 0 Å². The highest BCUT2D eigenvalue weighted by molar-refractivity contribution is 6.06. The van der Waals surface area contributed by atoms with Crippen molar-refractivity contribution in [2.75, 3.05) is 27.9 Å². The molecule has 0 spiro atoms. The zero-order chi connectivity index (χ0) is 17.0. The zero-order valence-corrected chi connectivity index (χ0v) is 13.2. The molecule has 0 radical (unpaired) electrons. The van der Waals surface area contributed by atoms with Crippen molar-refractivity contribution in [3.8, 4) is 17.2 Å². The highest BCUT2D eigenvalue weighted by atomic mass is 16.5. The SMILES string of the molecule is COc1cc(C(=O)NC(=O)C2CC(O)CN2)cc(OC)c1OC. The Morgan fingerprint density at radius 3 is 2.22 bits per heavy atom.